The van der Waals surface area contributed by atoms with Gasteiger partial charge in [0.2, 0.25) is 0 Å². The van der Waals surface area contributed by atoms with Crippen molar-refractivity contribution in [3.8, 4) is 5.75 Å². The van der Waals surface area contributed by atoms with Gasteiger partial charge < -0.3 is 10.5 Å². The van der Waals surface area contributed by atoms with Crippen LogP contribution in [0.25, 0.3) is 0 Å². The van der Waals surface area contributed by atoms with Crippen molar-refractivity contribution in [3.63, 3.8) is 0 Å². The Balaban J connectivity index is 2.06. The van der Waals surface area contributed by atoms with Crippen LogP contribution in [-0.4, -0.2) is 32.1 Å². The molecule has 2 atom stereocenters. The monoisotopic (exact) mass is 300 g/mol. The maximum absolute atomic E-state index is 14.1. The van der Waals surface area contributed by atoms with E-state index in [0.717, 1.165) is 12.1 Å². The molecule has 0 radical (unpaired) electrons. The third-order valence-corrected chi connectivity index (χ3v) is 4.53. The summed E-state index contributed by atoms with van der Waals surface area (Å²) in [4.78, 5) is 2.25. The molecule has 1 aliphatic heterocycles. The van der Waals surface area contributed by atoms with Crippen molar-refractivity contribution in [1.29, 1.82) is 0 Å². The van der Waals surface area contributed by atoms with Gasteiger partial charge in [-0.15, -0.1) is 0 Å². The number of methoxy groups -OCH3 is 1. The highest BCUT2D eigenvalue weighted by Gasteiger charge is 2.31. The van der Waals surface area contributed by atoms with Crippen LogP contribution < -0.4 is 10.5 Å². The molecule has 22 heavy (non-hydrogen) atoms. The van der Waals surface area contributed by atoms with Gasteiger partial charge in [0.05, 0.1) is 7.11 Å². The van der Waals surface area contributed by atoms with Gasteiger partial charge in [0.15, 0.2) is 11.6 Å². The Morgan fingerprint density at radius 3 is 2.59 bits per heavy atom. The molecule has 0 fully saturated rings. The summed E-state index contributed by atoms with van der Waals surface area (Å²) in [6.45, 7) is 1.40. The Hall–Kier alpha value is -1.91. The molecule has 2 unspecified atom stereocenters. The predicted molar refractivity (Wildman–Crippen MR) is 85.7 cm³/mol. The third kappa shape index (κ3) is 2.49. The molecule has 1 heterocycles. The van der Waals surface area contributed by atoms with Crippen molar-refractivity contribution >= 4 is 0 Å². The van der Waals surface area contributed by atoms with Gasteiger partial charge in [-0.05, 0) is 35.9 Å². The zero-order valence-corrected chi connectivity index (χ0v) is 12.9. The average Bonchev–Trinajstić information content (AvgIpc) is 2.54. The molecule has 1 aliphatic rings. The Labute approximate surface area is 130 Å². The number of halogens is 1. The number of benzene rings is 2. The Morgan fingerprint density at radius 1 is 1.23 bits per heavy atom. The lowest BCUT2D eigenvalue weighted by molar-refractivity contribution is 0.223. The lowest BCUT2D eigenvalue weighted by atomic mass is 9.81. The maximum atomic E-state index is 14.1. The minimum Gasteiger partial charge on any atom is -0.494 e. The Kier molecular flexibility index (Phi) is 4.14. The Bertz CT molecular complexity index is 674. The number of rotatable bonds is 3. The molecule has 2 N–H and O–H groups in total. The molecule has 2 aromatic rings. The van der Waals surface area contributed by atoms with Crippen molar-refractivity contribution in [1.82, 2.24) is 4.90 Å². The summed E-state index contributed by atoms with van der Waals surface area (Å²) in [5.74, 6) is 0.103. The van der Waals surface area contributed by atoms with E-state index in [2.05, 4.69) is 24.1 Å². The molecule has 0 saturated carbocycles. The molecule has 3 rings (SSSR count). The molecule has 3 nitrogen and oxygen atoms in total. The predicted octanol–water partition coefficient (Wildman–Crippen LogP) is 2.91. The average molecular weight is 300 g/mol. The number of fused-ring (bicyclic) bond motifs is 1. The molecule has 4 heteroatoms. The number of nitrogens with two attached hydrogens (primary N) is 1. The van der Waals surface area contributed by atoms with E-state index in [9.17, 15) is 4.39 Å². The van der Waals surface area contributed by atoms with Crippen LogP contribution in [0.4, 0.5) is 4.39 Å². The highest BCUT2D eigenvalue weighted by atomic mass is 19.1. The van der Waals surface area contributed by atoms with E-state index in [-0.39, 0.29) is 23.5 Å². The summed E-state index contributed by atoms with van der Waals surface area (Å²) in [5.41, 5.74) is 9.38. The van der Waals surface area contributed by atoms with Crippen LogP contribution in [0.3, 0.4) is 0 Å². The number of likely N-dealkylation sites (N-methyl/N-ethyl adjacent to an activating group) is 1. The lowest BCUT2D eigenvalue weighted by Gasteiger charge is -2.39. The van der Waals surface area contributed by atoms with Crippen molar-refractivity contribution in [2.45, 2.75) is 12.0 Å². The van der Waals surface area contributed by atoms with Crippen molar-refractivity contribution < 1.29 is 9.13 Å². The fourth-order valence-corrected chi connectivity index (χ4v) is 3.37. The van der Waals surface area contributed by atoms with E-state index in [1.165, 1.54) is 18.2 Å². The van der Waals surface area contributed by atoms with Gasteiger partial charge in [-0.25, -0.2) is 4.39 Å². The Morgan fingerprint density at radius 2 is 1.95 bits per heavy atom. The second-order valence-corrected chi connectivity index (χ2v) is 5.77. The fraction of sp³-hybridized carbons (Fsp3) is 0.333. The summed E-state index contributed by atoms with van der Waals surface area (Å²) < 4.78 is 19.1. The molecule has 116 valence electrons. The smallest absolute Gasteiger partial charge is 0.165 e. The van der Waals surface area contributed by atoms with Crippen LogP contribution in [-0.2, 0) is 0 Å². The number of hydrogen-bond donors (Lipinski definition) is 1. The molecule has 0 spiro atoms. The summed E-state index contributed by atoms with van der Waals surface area (Å²) >= 11 is 0. The van der Waals surface area contributed by atoms with Gasteiger partial charge in [-0.3, -0.25) is 4.90 Å². The summed E-state index contributed by atoms with van der Waals surface area (Å²) in [7, 11) is 3.55. The second-order valence-electron chi connectivity index (χ2n) is 5.77. The van der Waals surface area contributed by atoms with E-state index in [1.807, 2.05) is 18.2 Å². The van der Waals surface area contributed by atoms with Crippen LogP contribution in [0, 0.1) is 5.82 Å². The standard InChI is InChI=1S/C18H21FN2O/c1-21-11-15(12-7-8-18(22-2)16(19)9-12)13-5-3-4-6-14(13)17(21)10-20/h3-9,15,17H,10-11,20H2,1-2H3. The second kappa shape index (κ2) is 6.07. The van der Waals surface area contributed by atoms with Gasteiger partial charge in [0.25, 0.3) is 0 Å². The zero-order valence-electron chi connectivity index (χ0n) is 12.9. The highest BCUT2D eigenvalue weighted by Crippen LogP contribution is 2.38. The van der Waals surface area contributed by atoms with Gasteiger partial charge in [0.1, 0.15) is 0 Å². The van der Waals surface area contributed by atoms with Gasteiger partial charge >= 0.3 is 0 Å². The molecule has 0 saturated heterocycles. The molecule has 0 aliphatic carbocycles. The first-order valence-electron chi connectivity index (χ1n) is 7.48. The molecule has 0 amide bonds. The molecular weight excluding hydrogens is 279 g/mol. The van der Waals surface area contributed by atoms with Gasteiger partial charge in [-0.1, -0.05) is 30.3 Å². The molecule has 0 bridgehead atoms. The zero-order chi connectivity index (χ0) is 15.7. The van der Waals surface area contributed by atoms with E-state index in [1.54, 1.807) is 12.1 Å². The third-order valence-electron chi connectivity index (χ3n) is 4.53. The minimum absolute atomic E-state index is 0.143. The largest absolute Gasteiger partial charge is 0.494 e. The summed E-state index contributed by atoms with van der Waals surface area (Å²) in [6, 6.07) is 13.7. The van der Waals surface area contributed by atoms with Crippen LogP contribution >= 0.6 is 0 Å². The maximum Gasteiger partial charge on any atom is 0.165 e. The van der Waals surface area contributed by atoms with Gasteiger partial charge in [0, 0.05) is 25.0 Å². The van der Waals surface area contributed by atoms with Crippen LogP contribution in [0.5, 0.6) is 5.75 Å². The topological polar surface area (TPSA) is 38.5 Å². The minimum atomic E-state index is -0.318. The molecular formula is C18H21FN2O. The van der Waals surface area contributed by atoms with Gasteiger partial charge in [-0.2, -0.15) is 0 Å². The lowest BCUT2D eigenvalue weighted by Crippen LogP contribution is -2.39. The first-order valence-corrected chi connectivity index (χ1v) is 7.48. The highest BCUT2D eigenvalue weighted by molar-refractivity contribution is 5.44. The number of hydrogen-bond acceptors (Lipinski definition) is 3. The van der Waals surface area contributed by atoms with Crippen LogP contribution in [0.2, 0.25) is 0 Å². The quantitative estimate of drug-likeness (QED) is 0.947. The van der Waals surface area contributed by atoms with E-state index < -0.39 is 0 Å². The van der Waals surface area contributed by atoms with Crippen molar-refractivity contribution in [2.75, 3.05) is 27.2 Å². The first kappa shape index (κ1) is 15.0. The van der Waals surface area contributed by atoms with E-state index >= 15 is 0 Å². The first-order chi connectivity index (χ1) is 10.7. The number of ether oxygens (including phenoxy) is 1. The van der Waals surface area contributed by atoms with Crippen LogP contribution in [0.1, 0.15) is 28.7 Å². The number of nitrogens with zero attached hydrogens (tertiary/aromatic N) is 1. The fourth-order valence-electron chi connectivity index (χ4n) is 3.37. The summed E-state index contributed by atoms with van der Waals surface area (Å²) in [5, 5.41) is 0. The van der Waals surface area contributed by atoms with Crippen molar-refractivity contribution in [2.24, 2.45) is 5.73 Å². The summed E-state index contributed by atoms with van der Waals surface area (Å²) in [6.07, 6.45) is 0. The van der Waals surface area contributed by atoms with E-state index in [4.69, 9.17) is 10.5 Å². The normalized spacial score (nSPS) is 21.5. The molecule has 0 aromatic heterocycles. The van der Waals surface area contributed by atoms with E-state index in [0.29, 0.717) is 6.54 Å². The SMILES string of the molecule is COc1ccc(C2CN(C)C(CN)c3ccccc32)cc1F. The molecule has 2 aromatic carbocycles. The van der Waals surface area contributed by atoms with Crippen LogP contribution in [0.15, 0.2) is 42.5 Å². The van der Waals surface area contributed by atoms with Crippen molar-refractivity contribution in [3.05, 3.63) is 65.0 Å².